The second kappa shape index (κ2) is 11.9. The van der Waals surface area contributed by atoms with Gasteiger partial charge in [0.15, 0.2) is 0 Å². The highest BCUT2D eigenvalue weighted by Crippen LogP contribution is 2.46. The van der Waals surface area contributed by atoms with E-state index in [0.29, 0.717) is 0 Å². The van der Waals surface area contributed by atoms with Crippen LogP contribution in [0.1, 0.15) is 36.1 Å². The van der Waals surface area contributed by atoms with Gasteiger partial charge in [0.1, 0.15) is 22.7 Å². The zero-order valence-corrected chi connectivity index (χ0v) is 29.3. The van der Waals surface area contributed by atoms with Crippen molar-refractivity contribution in [3.05, 3.63) is 179 Å². The lowest BCUT2D eigenvalue weighted by Crippen LogP contribution is -1.94. The fourth-order valence-electron chi connectivity index (χ4n) is 8.06. The Morgan fingerprint density at radius 2 is 1.18 bits per heavy atom. The number of allylic oxidation sites excluding steroid dienone is 8. The van der Waals surface area contributed by atoms with Crippen LogP contribution < -0.4 is 4.74 Å². The lowest BCUT2D eigenvalue weighted by molar-refractivity contribution is 0.446. The number of fused-ring (bicyclic) bond motifs is 9. The van der Waals surface area contributed by atoms with E-state index in [-0.39, 0.29) is 0 Å². The van der Waals surface area contributed by atoms with Gasteiger partial charge in [-0.3, -0.25) is 0 Å². The van der Waals surface area contributed by atoms with Crippen molar-refractivity contribution in [1.82, 2.24) is 0 Å². The van der Waals surface area contributed by atoms with Crippen LogP contribution >= 0.6 is 11.8 Å². The van der Waals surface area contributed by atoms with E-state index >= 15 is 0 Å². The normalized spacial score (nSPS) is 16.3. The number of rotatable bonds is 4. The minimum atomic E-state index is 0.824. The average molecular weight is 675 g/mol. The molecule has 244 valence electrons. The summed E-state index contributed by atoms with van der Waals surface area (Å²) in [6, 6.07) is 43.4. The summed E-state index contributed by atoms with van der Waals surface area (Å²) in [6.45, 7) is 4.48. The van der Waals surface area contributed by atoms with Crippen molar-refractivity contribution in [2.45, 2.75) is 31.6 Å². The summed E-state index contributed by atoms with van der Waals surface area (Å²) in [5.41, 5.74) is 9.57. The summed E-state index contributed by atoms with van der Waals surface area (Å²) in [5.74, 6) is 1.95. The van der Waals surface area contributed by atoms with E-state index in [1.807, 2.05) is 30.0 Å². The highest BCUT2D eigenvalue weighted by atomic mass is 32.2. The van der Waals surface area contributed by atoms with Gasteiger partial charge >= 0.3 is 0 Å². The smallest absolute Gasteiger partial charge is 0.136 e. The van der Waals surface area contributed by atoms with Crippen LogP contribution in [0.5, 0.6) is 5.75 Å². The second-order valence-electron chi connectivity index (χ2n) is 13.7. The van der Waals surface area contributed by atoms with Gasteiger partial charge in [0.05, 0.1) is 0 Å². The van der Waals surface area contributed by atoms with Crippen LogP contribution in [0.15, 0.2) is 166 Å². The number of hydrogen-bond acceptors (Lipinski definition) is 3. The van der Waals surface area contributed by atoms with E-state index in [1.165, 1.54) is 86.3 Å². The molecule has 8 aromatic rings. The molecule has 0 fully saturated rings. The Morgan fingerprint density at radius 1 is 0.549 bits per heavy atom. The maximum atomic E-state index is 6.20. The first kappa shape index (κ1) is 30.1. The Kier molecular flexibility index (Phi) is 7.04. The molecule has 51 heavy (non-hydrogen) atoms. The van der Waals surface area contributed by atoms with Crippen LogP contribution in [0.4, 0.5) is 0 Å². The van der Waals surface area contributed by atoms with E-state index in [1.54, 1.807) is 0 Å². The van der Waals surface area contributed by atoms with Crippen molar-refractivity contribution in [1.29, 1.82) is 0 Å². The molecule has 0 spiro atoms. The molecule has 10 rings (SSSR count). The number of para-hydroxylation sites is 2. The fourth-order valence-corrected chi connectivity index (χ4v) is 9.24. The minimum Gasteiger partial charge on any atom is -0.461 e. The summed E-state index contributed by atoms with van der Waals surface area (Å²) < 4.78 is 12.4. The minimum absolute atomic E-state index is 0.824. The first-order valence-electron chi connectivity index (χ1n) is 17.6. The van der Waals surface area contributed by atoms with Crippen molar-refractivity contribution in [3.8, 4) is 5.75 Å². The van der Waals surface area contributed by atoms with Crippen molar-refractivity contribution < 1.29 is 9.15 Å². The molecule has 0 N–H and O–H groups in total. The molecular weight excluding hydrogens is 641 g/mol. The molecule has 7 aromatic carbocycles. The van der Waals surface area contributed by atoms with Gasteiger partial charge in [-0.05, 0) is 109 Å². The van der Waals surface area contributed by atoms with Crippen LogP contribution in [-0.2, 0) is 12.8 Å². The van der Waals surface area contributed by atoms with Gasteiger partial charge in [-0.2, -0.15) is 0 Å². The van der Waals surface area contributed by atoms with Crippen LogP contribution in [0, 0.1) is 0 Å². The summed E-state index contributed by atoms with van der Waals surface area (Å²) in [7, 11) is 0. The van der Waals surface area contributed by atoms with Gasteiger partial charge in [-0.1, -0.05) is 127 Å². The van der Waals surface area contributed by atoms with Crippen LogP contribution in [0.2, 0.25) is 0 Å². The number of hydrogen-bond donors (Lipinski definition) is 0. The predicted octanol–water partition coefficient (Wildman–Crippen LogP) is 13.6. The monoisotopic (exact) mass is 674 g/mol. The van der Waals surface area contributed by atoms with Crippen molar-refractivity contribution in [3.63, 3.8) is 0 Å². The highest BCUT2D eigenvalue weighted by molar-refractivity contribution is 8.03. The van der Waals surface area contributed by atoms with E-state index < -0.39 is 0 Å². The van der Waals surface area contributed by atoms with Crippen molar-refractivity contribution in [2.24, 2.45) is 0 Å². The molecule has 0 aliphatic carbocycles. The van der Waals surface area contributed by atoms with Crippen molar-refractivity contribution in [2.75, 3.05) is 0 Å². The van der Waals surface area contributed by atoms with Crippen molar-refractivity contribution >= 4 is 77.2 Å². The molecule has 0 saturated heterocycles. The quantitative estimate of drug-likeness (QED) is 0.174. The Morgan fingerprint density at radius 3 is 1.88 bits per heavy atom. The molecule has 3 heteroatoms. The Labute approximate surface area is 301 Å². The second-order valence-corrected chi connectivity index (χ2v) is 14.8. The molecule has 0 bridgehead atoms. The Bertz CT molecular complexity index is 2790. The third-order valence-electron chi connectivity index (χ3n) is 10.5. The third-order valence-corrected chi connectivity index (χ3v) is 11.7. The lowest BCUT2D eigenvalue weighted by Gasteiger charge is -2.18. The standard InChI is InChI=1S/C48H34O2S/c1-29(19-23-34-25-32-11-3-9-17-43(32)49-34)46-37-13-4-6-15-39(37)47(40-16-7-5-14-38(40)46)30(2)20-24-35-26-33-22-21-31-27-45-42(28-41(31)48(33)51-35)36-12-8-10-18-44(36)50-45/h3-24,27-28H,25-26H2,1-2H3/b29-19+,30-20+,34-23+,35-24+. The Balaban J connectivity index is 1.03. The summed E-state index contributed by atoms with van der Waals surface area (Å²) >= 11 is 1.91. The van der Waals surface area contributed by atoms with Gasteiger partial charge in [-0.15, -0.1) is 0 Å². The van der Waals surface area contributed by atoms with Gasteiger partial charge in [0.2, 0.25) is 0 Å². The largest absolute Gasteiger partial charge is 0.461 e. The van der Waals surface area contributed by atoms with Gasteiger partial charge in [0.25, 0.3) is 0 Å². The van der Waals surface area contributed by atoms with Gasteiger partial charge < -0.3 is 9.15 Å². The molecule has 0 saturated carbocycles. The number of ether oxygens (including phenoxy) is 1. The number of furan rings is 1. The highest BCUT2D eigenvalue weighted by Gasteiger charge is 2.21. The topological polar surface area (TPSA) is 22.4 Å². The first-order chi connectivity index (χ1) is 25.1. The molecule has 0 atom stereocenters. The van der Waals surface area contributed by atoms with E-state index in [2.05, 4.69) is 141 Å². The number of thioether (sulfide) groups is 1. The summed E-state index contributed by atoms with van der Waals surface area (Å²) in [5, 5.41) is 9.95. The zero-order valence-electron chi connectivity index (χ0n) is 28.5. The Hall–Kier alpha value is -5.77. The predicted molar refractivity (Wildman–Crippen MR) is 216 cm³/mol. The number of benzene rings is 7. The maximum absolute atomic E-state index is 6.20. The van der Waals surface area contributed by atoms with Crippen LogP contribution in [-0.4, -0.2) is 0 Å². The van der Waals surface area contributed by atoms with E-state index in [4.69, 9.17) is 9.15 Å². The third kappa shape index (κ3) is 5.03. The van der Waals surface area contributed by atoms with Crippen LogP contribution in [0.25, 0.3) is 65.4 Å². The molecule has 0 radical (unpaired) electrons. The van der Waals surface area contributed by atoms with E-state index in [9.17, 15) is 0 Å². The molecule has 1 aromatic heterocycles. The molecule has 2 nitrogen and oxygen atoms in total. The average Bonchev–Trinajstić information content (AvgIpc) is 3.88. The molecule has 0 amide bonds. The fraction of sp³-hybridized carbons (Fsp3) is 0.0833. The summed E-state index contributed by atoms with van der Waals surface area (Å²) in [4.78, 5) is 2.73. The zero-order chi connectivity index (χ0) is 34.1. The summed E-state index contributed by atoms with van der Waals surface area (Å²) in [6.07, 6.45) is 10.8. The SMILES string of the molecule is C/C(=C\C=C1/Cc2ccccc2O1)c1c2ccccc2c(/C(C)=C/C=C2\Cc3ccc4cc5oc6ccccc6c5cc4c3S2)c2ccccc12. The first-order valence-corrected chi connectivity index (χ1v) is 18.4. The van der Waals surface area contributed by atoms with Gasteiger partial charge in [-0.25, -0.2) is 0 Å². The van der Waals surface area contributed by atoms with E-state index in [0.717, 1.165) is 35.5 Å². The molecule has 0 unspecified atom stereocenters. The molecular formula is C48H34O2S. The lowest BCUT2D eigenvalue weighted by atomic mass is 9.86. The molecule has 3 heterocycles. The molecule has 2 aliphatic rings. The van der Waals surface area contributed by atoms with Gasteiger partial charge in [0, 0.05) is 34.1 Å². The van der Waals surface area contributed by atoms with Crippen LogP contribution in [0.3, 0.4) is 0 Å². The maximum Gasteiger partial charge on any atom is 0.136 e. The molecule has 2 aliphatic heterocycles.